The molecule has 0 spiro atoms. The van der Waals surface area contributed by atoms with Crippen molar-refractivity contribution >= 4 is 27.5 Å². The van der Waals surface area contributed by atoms with Gasteiger partial charge in [-0.25, -0.2) is 5.43 Å². The maximum absolute atomic E-state index is 11.3. The van der Waals surface area contributed by atoms with Gasteiger partial charge < -0.3 is 4.74 Å². The van der Waals surface area contributed by atoms with Gasteiger partial charge in [0.1, 0.15) is 5.75 Å². The predicted octanol–water partition coefficient (Wildman–Crippen LogP) is 2.65. The maximum Gasteiger partial charge on any atom is 0.277 e. The molecule has 0 aliphatic carbocycles. The summed E-state index contributed by atoms with van der Waals surface area (Å²) < 4.78 is 6.37. The van der Waals surface area contributed by atoms with Crippen LogP contribution in [0.25, 0.3) is 0 Å². The molecule has 1 aromatic carbocycles. The zero-order chi connectivity index (χ0) is 12.8. The Bertz CT molecular complexity index is 440. The monoisotopic (exact) mass is 298 g/mol. The summed E-state index contributed by atoms with van der Waals surface area (Å²) in [5.41, 5.74) is 4.16. The van der Waals surface area contributed by atoms with Crippen LogP contribution in [0.15, 0.2) is 27.8 Å². The molecule has 1 rings (SSSR count). The third-order valence-corrected chi connectivity index (χ3v) is 2.39. The smallest absolute Gasteiger partial charge is 0.277 e. The molecule has 92 valence electrons. The third kappa shape index (κ3) is 4.99. The highest BCUT2D eigenvalue weighted by Crippen LogP contribution is 2.21. The Morgan fingerprint density at radius 2 is 2.18 bits per heavy atom. The molecule has 0 aromatic heterocycles. The van der Waals surface area contributed by atoms with E-state index in [0.29, 0.717) is 5.75 Å². The predicted molar refractivity (Wildman–Crippen MR) is 71.3 cm³/mol. The molecule has 5 heteroatoms. The van der Waals surface area contributed by atoms with Gasteiger partial charge in [-0.05, 0) is 44.5 Å². The van der Waals surface area contributed by atoms with Gasteiger partial charge in [0, 0.05) is 10.2 Å². The van der Waals surface area contributed by atoms with Crippen molar-refractivity contribution in [2.45, 2.75) is 20.8 Å². The standard InChI is InChI=1S/C12H15BrN2O2/c1-8(2)14-15-12(16)7-17-11-5-4-10(13)6-9(11)3/h4-6H,7H2,1-3H3,(H,15,16). The van der Waals surface area contributed by atoms with Gasteiger partial charge in [0.25, 0.3) is 5.91 Å². The number of benzene rings is 1. The van der Waals surface area contributed by atoms with Gasteiger partial charge in [0.2, 0.25) is 0 Å². The summed E-state index contributed by atoms with van der Waals surface area (Å²) in [7, 11) is 0. The number of nitrogens with zero attached hydrogens (tertiary/aromatic N) is 1. The summed E-state index contributed by atoms with van der Waals surface area (Å²) in [5.74, 6) is 0.425. The highest BCUT2D eigenvalue weighted by molar-refractivity contribution is 9.10. The fraction of sp³-hybridized carbons (Fsp3) is 0.333. The molecule has 0 radical (unpaired) electrons. The lowest BCUT2D eigenvalue weighted by Gasteiger charge is -2.08. The molecule has 1 aromatic rings. The van der Waals surface area contributed by atoms with Gasteiger partial charge in [-0.1, -0.05) is 15.9 Å². The van der Waals surface area contributed by atoms with Crippen LogP contribution in [0, 0.1) is 6.92 Å². The molecule has 0 bridgehead atoms. The highest BCUT2D eigenvalue weighted by atomic mass is 79.9. The van der Waals surface area contributed by atoms with Gasteiger partial charge in [0.05, 0.1) is 0 Å². The molecule has 17 heavy (non-hydrogen) atoms. The van der Waals surface area contributed by atoms with Crippen LogP contribution in [-0.2, 0) is 4.79 Å². The fourth-order valence-electron chi connectivity index (χ4n) is 1.12. The number of hydrogen-bond donors (Lipinski definition) is 1. The summed E-state index contributed by atoms with van der Waals surface area (Å²) in [6.07, 6.45) is 0. The zero-order valence-corrected chi connectivity index (χ0v) is 11.7. The number of carbonyl (C=O) groups excluding carboxylic acids is 1. The lowest BCUT2D eigenvalue weighted by molar-refractivity contribution is -0.123. The van der Waals surface area contributed by atoms with E-state index in [2.05, 4.69) is 26.5 Å². The molecule has 0 aliphatic rings. The van der Waals surface area contributed by atoms with E-state index in [9.17, 15) is 4.79 Å². The van der Waals surface area contributed by atoms with Gasteiger partial charge in [-0.3, -0.25) is 4.79 Å². The van der Waals surface area contributed by atoms with Crippen LogP contribution in [0.3, 0.4) is 0 Å². The van der Waals surface area contributed by atoms with E-state index in [4.69, 9.17) is 4.74 Å². The summed E-state index contributed by atoms with van der Waals surface area (Å²) >= 11 is 3.36. The van der Waals surface area contributed by atoms with Crippen molar-refractivity contribution in [3.05, 3.63) is 28.2 Å². The Hall–Kier alpha value is -1.36. The Kier molecular flexibility index (Phi) is 5.15. The number of amides is 1. The first-order valence-corrected chi connectivity index (χ1v) is 5.97. The number of ether oxygens (including phenoxy) is 1. The molecular weight excluding hydrogens is 284 g/mol. The van der Waals surface area contributed by atoms with Crippen LogP contribution in [0.1, 0.15) is 19.4 Å². The van der Waals surface area contributed by atoms with Crippen molar-refractivity contribution < 1.29 is 9.53 Å². The number of carbonyl (C=O) groups is 1. The molecule has 0 fully saturated rings. The van der Waals surface area contributed by atoms with Crippen LogP contribution in [0.5, 0.6) is 5.75 Å². The largest absolute Gasteiger partial charge is 0.483 e. The molecule has 0 atom stereocenters. The summed E-state index contributed by atoms with van der Waals surface area (Å²) in [5, 5.41) is 3.80. The summed E-state index contributed by atoms with van der Waals surface area (Å²) in [6, 6.07) is 5.62. The van der Waals surface area contributed by atoms with Gasteiger partial charge in [-0.2, -0.15) is 5.10 Å². The highest BCUT2D eigenvalue weighted by Gasteiger charge is 2.04. The van der Waals surface area contributed by atoms with E-state index >= 15 is 0 Å². The minimum absolute atomic E-state index is 0.0424. The zero-order valence-electron chi connectivity index (χ0n) is 10.1. The Labute approximate surface area is 109 Å². The van der Waals surface area contributed by atoms with Gasteiger partial charge >= 0.3 is 0 Å². The maximum atomic E-state index is 11.3. The molecule has 0 heterocycles. The van der Waals surface area contributed by atoms with E-state index in [-0.39, 0.29) is 12.5 Å². The topological polar surface area (TPSA) is 50.7 Å². The quantitative estimate of drug-likeness (QED) is 0.686. The van der Waals surface area contributed by atoms with E-state index < -0.39 is 0 Å². The number of hydrogen-bond acceptors (Lipinski definition) is 3. The Balaban J connectivity index is 2.50. The van der Waals surface area contributed by atoms with Crippen LogP contribution >= 0.6 is 15.9 Å². The second kappa shape index (κ2) is 6.39. The SMILES string of the molecule is CC(C)=NNC(=O)COc1ccc(Br)cc1C. The molecule has 0 saturated carbocycles. The molecule has 4 nitrogen and oxygen atoms in total. The normalized spacial score (nSPS) is 9.65. The molecule has 1 N–H and O–H groups in total. The van der Waals surface area contributed by atoms with Crippen LogP contribution in [0.2, 0.25) is 0 Å². The van der Waals surface area contributed by atoms with Crippen molar-refractivity contribution in [2.24, 2.45) is 5.10 Å². The van der Waals surface area contributed by atoms with Crippen LogP contribution in [0.4, 0.5) is 0 Å². The first kappa shape index (κ1) is 13.7. The fourth-order valence-corrected chi connectivity index (χ4v) is 1.60. The van der Waals surface area contributed by atoms with Gasteiger partial charge in [0.15, 0.2) is 6.61 Å². The first-order chi connectivity index (χ1) is 7.99. The van der Waals surface area contributed by atoms with Crippen molar-refractivity contribution in [1.29, 1.82) is 0 Å². The summed E-state index contributed by atoms with van der Waals surface area (Å²) in [6.45, 7) is 5.49. The molecule has 0 saturated heterocycles. The Morgan fingerprint density at radius 3 is 2.76 bits per heavy atom. The van der Waals surface area contributed by atoms with E-state index in [1.807, 2.05) is 25.1 Å². The van der Waals surface area contributed by atoms with Gasteiger partial charge in [-0.15, -0.1) is 0 Å². The second-order valence-corrected chi connectivity index (χ2v) is 4.71. The Morgan fingerprint density at radius 1 is 1.47 bits per heavy atom. The van der Waals surface area contributed by atoms with Crippen molar-refractivity contribution in [3.63, 3.8) is 0 Å². The lowest BCUT2D eigenvalue weighted by atomic mass is 10.2. The number of rotatable bonds is 4. The molecular formula is C12H15BrN2O2. The van der Waals surface area contributed by atoms with Crippen molar-refractivity contribution in [1.82, 2.24) is 5.43 Å². The van der Waals surface area contributed by atoms with Crippen LogP contribution < -0.4 is 10.2 Å². The van der Waals surface area contributed by atoms with Crippen LogP contribution in [-0.4, -0.2) is 18.2 Å². The molecule has 1 amide bonds. The minimum Gasteiger partial charge on any atom is -0.483 e. The van der Waals surface area contributed by atoms with Crippen molar-refractivity contribution in [2.75, 3.05) is 6.61 Å². The summed E-state index contributed by atoms with van der Waals surface area (Å²) in [4.78, 5) is 11.3. The average molecular weight is 299 g/mol. The second-order valence-electron chi connectivity index (χ2n) is 3.79. The molecule has 0 unspecified atom stereocenters. The van der Waals surface area contributed by atoms with Crippen molar-refractivity contribution in [3.8, 4) is 5.75 Å². The first-order valence-electron chi connectivity index (χ1n) is 5.17. The molecule has 0 aliphatic heterocycles. The third-order valence-electron chi connectivity index (χ3n) is 1.90. The lowest BCUT2D eigenvalue weighted by Crippen LogP contribution is -2.25. The number of nitrogens with one attached hydrogen (secondary N) is 1. The number of aryl methyl sites for hydroxylation is 1. The minimum atomic E-state index is -0.270. The van der Waals surface area contributed by atoms with E-state index in [1.54, 1.807) is 13.8 Å². The van der Waals surface area contributed by atoms with E-state index in [0.717, 1.165) is 15.7 Å². The number of halogens is 1. The van der Waals surface area contributed by atoms with E-state index in [1.165, 1.54) is 0 Å². The number of hydrazone groups is 1. The average Bonchev–Trinajstić information content (AvgIpc) is 2.25.